The molecule has 0 aromatic carbocycles. The van der Waals surface area contributed by atoms with Crippen LogP contribution in [0.25, 0.3) is 0 Å². The molecule has 1 aromatic heterocycles. The number of rotatable bonds is 2. The van der Waals surface area contributed by atoms with Crippen LogP contribution in [-0.4, -0.2) is 34.5 Å². The molecule has 2 atom stereocenters. The Morgan fingerprint density at radius 1 is 1.58 bits per heavy atom. The Kier molecular flexibility index (Phi) is 3.83. The first-order chi connectivity index (χ1) is 9.19. The third-order valence-electron chi connectivity index (χ3n) is 3.94. The molecule has 0 N–H and O–H groups in total. The highest BCUT2D eigenvalue weighted by molar-refractivity contribution is 7.99. The van der Waals surface area contributed by atoms with Crippen LogP contribution >= 0.6 is 23.4 Å². The smallest absolute Gasteiger partial charge is 0.166 e. The molecular formula is C14H16ClNO2S. The van der Waals surface area contributed by atoms with E-state index in [1.54, 1.807) is 18.3 Å². The normalized spacial score (nSPS) is 30.7. The van der Waals surface area contributed by atoms with Crippen molar-refractivity contribution in [3.05, 3.63) is 29.0 Å². The van der Waals surface area contributed by atoms with E-state index in [4.69, 9.17) is 16.3 Å². The summed E-state index contributed by atoms with van der Waals surface area (Å²) in [6, 6.07) is 3.41. The predicted octanol–water partition coefficient (Wildman–Crippen LogP) is 3.22. The summed E-state index contributed by atoms with van der Waals surface area (Å²) >= 11 is 7.78. The van der Waals surface area contributed by atoms with Gasteiger partial charge in [0.15, 0.2) is 5.78 Å². The molecule has 2 aliphatic heterocycles. The summed E-state index contributed by atoms with van der Waals surface area (Å²) in [5.41, 5.74) is 0.618. The van der Waals surface area contributed by atoms with Gasteiger partial charge in [0.05, 0.1) is 5.60 Å². The van der Waals surface area contributed by atoms with Gasteiger partial charge in [0.2, 0.25) is 0 Å². The number of carbonyl (C=O) groups excluding carboxylic acids is 1. The van der Waals surface area contributed by atoms with Gasteiger partial charge in [-0.05, 0) is 37.1 Å². The molecule has 3 rings (SSSR count). The molecule has 3 heterocycles. The highest BCUT2D eigenvalue weighted by Gasteiger charge is 2.42. The number of hydrogen-bond acceptors (Lipinski definition) is 4. The lowest BCUT2D eigenvalue weighted by Crippen LogP contribution is -2.42. The summed E-state index contributed by atoms with van der Waals surface area (Å²) in [7, 11) is 0. The van der Waals surface area contributed by atoms with Crippen molar-refractivity contribution in [2.24, 2.45) is 5.92 Å². The Balaban J connectivity index is 1.76. The zero-order chi connectivity index (χ0) is 13.3. The molecule has 0 saturated carbocycles. The molecule has 1 aromatic rings. The van der Waals surface area contributed by atoms with Gasteiger partial charge in [-0.15, -0.1) is 0 Å². The maximum Gasteiger partial charge on any atom is 0.166 e. The van der Waals surface area contributed by atoms with E-state index < -0.39 is 0 Å². The maximum absolute atomic E-state index is 12.5. The van der Waals surface area contributed by atoms with Crippen LogP contribution in [0, 0.1) is 5.92 Å². The van der Waals surface area contributed by atoms with Crippen LogP contribution in [0.3, 0.4) is 0 Å². The van der Waals surface area contributed by atoms with Crippen LogP contribution in [0.4, 0.5) is 0 Å². The molecule has 2 fully saturated rings. The molecule has 5 heteroatoms. The van der Waals surface area contributed by atoms with Crippen LogP contribution < -0.4 is 0 Å². The fraction of sp³-hybridized carbons (Fsp3) is 0.571. The minimum Gasteiger partial charge on any atom is -0.374 e. The van der Waals surface area contributed by atoms with Gasteiger partial charge in [-0.25, -0.2) is 4.98 Å². The van der Waals surface area contributed by atoms with Crippen molar-refractivity contribution in [3.63, 3.8) is 0 Å². The number of carbonyl (C=O) groups is 1. The standard InChI is InChI=1S/C14H16ClNO2S/c15-12-7-10(1-4-16-12)13(17)11-2-5-18-14(8-11)3-6-19-9-14/h1,4,7,11H,2-3,5-6,8-9H2. The Labute approximate surface area is 122 Å². The zero-order valence-electron chi connectivity index (χ0n) is 10.6. The summed E-state index contributed by atoms with van der Waals surface area (Å²) in [6.07, 6.45) is 4.32. The molecule has 1 spiro atoms. The second kappa shape index (κ2) is 5.43. The van der Waals surface area contributed by atoms with Gasteiger partial charge in [-0.3, -0.25) is 4.79 Å². The molecule has 0 amide bonds. The second-order valence-corrected chi connectivity index (χ2v) is 6.75. The molecule has 102 valence electrons. The van der Waals surface area contributed by atoms with Crippen molar-refractivity contribution < 1.29 is 9.53 Å². The summed E-state index contributed by atoms with van der Waals surface area (Å²) in [6.45, 7) is 0.690. The van der Waals surface area contributed by atoms with Crippen LogP contribution in [-0.2, 0) is 4.74 Å². The first-order valence-electron chi connectivity index (χ1n) is 6.56. The molecule has 0 aliphatic carbocycles. The van der Waals surface area contributed by atoms with Crippen molar-refractivity contribution >= 4 is 29.1 Å². The summed E-state index contributed by atoms with van der Waals surface area (Å²) in [4.78, 5) is 16.5. The fourth-order valence-corrected chi connectivity index (χ4v) is 4.46. The number of ketones is 1. The number of aromatic nitrogens is 1. The van der Waals surface area contributed by atoms with Gasteiger partial charge in [0.25, 0.3) is 0 Å². The maximum atomic E-state index is 12.5. The lowest BCUT2D eigenvalue weighted by molar-refractivity contribution is -0.0734. The first-order valence-corrected chi connectivity index (χ1v) is 8.09. The first kappa shape index (κ1) is 13.4. The highest BCUT2D eigenvalue weighted by atomic mass is 35.5. The SMILES string of the molecule is O=C(c1ccnc(Cl)c1)C1CCOC2(CCSC2)C1. The van der Waals surface area contributed by atoms with Gasteiger partial charge in [0, 0.05) is 30.0 Å². The van der Waals surface area contributed by atoms with E-state index >= 15 is 0 Å². The summed E-state index contributed by atoms with van der Waals surface area (Å²) in [5, 5.41) is 0.379. The number of hydrogen-bond donors (Lipinski definition) is 0. The van der Waals surface area contributed by atoms with Gasteiger partial charge in [-0.2, -0.15) is 11.8 Å². The van der Waals surface area contributed by atoms with Crippen molar-refractivity contribution in [2.45, 2.75) is 24.9 Å². The van der Waals surface area contributed by atoms with Gasteiger partial charge in [0.1, 0.15) is 5.15 Å². The van der Waals surface area contributed by atoms with E-state index in [1.807, 2.05) is 11.8 Å². The molecule has 2 aliphatic rings. The predicted molar refractivity (Wildman–Crippen MR) is 76.9 cm³/mol. The number of ether oxygens (including phenoxy) is 1. The van der Waals surface area contributed by atoms with Gasteiger partial charge < -0.3 is 4.74 Å². The van der Waals surface area contributed by atoms with E-state index in [2.05, 4.69) is 4.98 Å². The van der Waals surface area contributed by atoms with Crippen molar-refractivity contribution in [1.29, 1.82) is 0 Å². The number of halogens is 1. The molecule has 3 nitrogen and oxygen atoms in total. The largest absolute Gasteiger partial charge is 0.374 e. The van der Waals surface area contributed by atoms with Crippen LogP contribution in [0.15, 0.2) is 18.3 Å². The Bertz CT molecular complexity index is 488. The Morgan fingerprint density at radius 2 is 2.47 bits per heavy atom. The fourth-order valence-electron chi connectivity index (χ4n) is 2.91. The van der Waals surface area contributed by atoms with E-state index in [-0.39, 0.29) is 17.3 Å². The molecule has 0 bridgehead atoms. The number of thioether (sulfide) groups is 1. The summed E-state index contributed by atoms with van der Waals surface area (Å²) in [5.74, 6) is 2.41. The van der Waals surface area contributed by atoms with Crippen LogP contribution in [0.5, 0.6) is 0 Å². The minimum atomic E-state index is -0.0555. The lowest BCUT2D eigenvalue weighted by Gasteiger charge is -2.37. The molecular weight excluding hydrogens is 282 g/mol. The van der Waals surface area contributed by atoms with Crippen LogP contribution in [0.2, 0.25) is 5.15 Å². The highest BCUT2D eigenvalue weighted by Crippen LogP contribution is 2.41. The van der Waals surface area contributed by atoms with Crippen molar-refractivity contribution in [2.75, 3.05) is 18.1 Å². The van der Waals surface area contributed by atoms with Gasteiger partial charge in [-0.1, -0.05) is 11.6 Å². The van der Waals surface area contributed by atoms with E-state index in [9.17, 15) is 4.79 Å². The second-order valence-electron chi connectivity index (χ2n) is 5.26. The van der Waals surface area contributed by atoms with Crippen molar-refractivity contribution in [1.82, 2.24) is 4.98 Å². The average molecular weight is 298 g/mol. The van der Waals surface area contributed by atoms with E-state index in [0.717, 1.165) is 30.8 Å². The molecule has 2 unspecified atom stereocenters. The number of nitrogens with zero attached hydrogens (tertiary/aromatic N) is 1. The van der Waals surface area contributed by atoms with Crippen molar-refractivity contribution in [3.8, 4) is 0 Å². The Hall–Kier alpha value is -0.580. The molecule has 19 heavy (non-hydrogen) atoms. The monoisotopic (exact) mass is 297 g/mol. The number of pyridine rings is 1. The van der Waals surface area contributed by atoms with E-state index in [0.29, 0.717) is 17.3 Å². The van der Waals surface area contributed by atoms with Crippen LogP contribution in [0.1, 0.15) is 29.6 Å². The lowest BCUT2D eigenvalue weighted by atomic mass is 9.81. The Morgan fingerprint density at radius 3 is 3.21 bits per heavy atom. The molecule has 2 saturated heterocycles. The third-order valence-corrected chi connectivity index (χ3v) is 5.37. The van der Waals surface area contributed by atoms with E-state index in [1.165, 1.54) is 0 Å². The topological polar surface area (TPSA) is 39.2 Å². The average Bonchev–Trinajstić information content (AvgIpc) is 2.86. The minimum absolute atomic E-state index is 0.0555. The van der Waals surface area contributed by atoms with Gasteiger partial charge >= 0.3 is 0 Å². The molecule has 0 radical (unpaired) electrons. The quantitative estimate of drug-likeness (QED) is 0.621. The summed E-state index contributed by atoms with van der Waals surface area (Å²) < 4.78 is 5.95. The number of Topliss-reactive ketones (excluding diaryl/α,β-unsaturated/α-hetero) is 1. The zero-order valence-corrected chi connectivity index (χ0v) is 12.2. The third kappa shape index (κ3) is 2.81.